The smallest absolute Gasteiger partial charge is 0.222 e. The van der Waals surface area contributed by atoms with Gasteiger partial charge >= 0.3 is 29.6 Å². The van der Waals surface area contributed by atoms with E-state index in [0.717, 1.165) is 0 Å². The minimum absolute atomic E-state index is 0. The van der Waals surface area contributed by atoms with Gasteiger partial charge in [-0.2, -0.15) is 0 Å². The molecule has 7 heavy (non-hydrogen) atoms. The van der Waals surface area contributed by atoms with Crippen molar-refractivity contribution in [1.29, 1.82) is 0 Å². The van der Waals surface area contributed by atoms with Crippen molar-refractivity contribution in [1.82, 2.24) is 0 Å². The van der Waals surface area contributed by atoms with E-state index < -0.39 is 10.2 Å². The van der Waals surface area contributed by atoms with Gasteiger partial charge in [0.1, 0.15) is 0 Å². The molecule has 0 aromatic rings. The summed E-state index contributed by atoms with van der Waals surface area (Å²) < 4.78 is 34.0. The van der Waals surface area contributed by atoms with E-state index in [4.69, 9.17) is 18.6 Å². The molecule has 0 fully saturated rings. The first kappa shape index (κ1) is 15.8. The zero-order valence-corrected chi connectivity index (χ0v) is 6.99. The van der Waals surface area contributed by atoms with Crippen LogP contribution in [0.4, 0.5) is 0 Å². The van der Waals surface area contributed by atoms with Gasteiger partial charge < -0.3 is 0 Å². The first-order valence-electron chi connectivity index (χ1n) is 0.617. The van der Waals surface area contributed by atoms with Crippen LogP contribution in [-0.4, -0.2) is 0 Å². The number of hydrogen-bond acceptors (Lipinski definition) is 4. The van der Waals surface area contributed by atoms with Crippen molar-refractivity contribution in [3.8, 4) is 0 Å². The Kier molecular flexibility index (Phi) is 12.5. The van der Waals surface area contributed by atoms with Crippen LogP contribution in [0.5, 0.6) is 0 Å². The van der Waals surface area contributed by atoms with Crippen LogP contribution in [0, 0.1) is 10.2 Å². The van der Waals surface area contributed by atoms with Crippen LogP contribution < -0.4 is 48.2 Å². The molecule has 0 aromatic heterocycles. The second kappa shape index (κ2) is 5.55. The Balaban J connectivity index is -0.0000000800. The molecule has 40 valence electrons. The van der Waals surface area contributed by atoms with Crippen LogP contribution in [0.2, 0.25) is 0 Å². The summed E-state index contributed by atoms with van der Waals surface area (Å²) in [5, 5.41) is 0. The summed E-state index contributed by atoms with van der Waals surface area (Å²) in [6.07, 6.45) is 0. The molecule has 0 radical (unpaired) electrons. The number of rotatable bonds is 0. The summed E-state index contributed by atoms with van der Waals surface area (Å²) in [6.45, 7) is 0. The number of hydrogen-bond donors (Lipinski definition) is 0. The van der Waals surface area contributed by atoms with Crippen molar-refractivity contribution in [2.75, 3.05) is 0 Å². The summed E-state index contributed by atoms with van der Waals surface area (Å²) in [7, 11) is -4.94. The van der Waals surface area contributed by atoms with Crippen LogP contribution in [0.15, 0.2) is 0 Å². The van der Waals surface area contributed by atoms with Crippen molar-refractivity contribution in [3.63, 3.8) is 0 Å². The summed E-state index contributed by atoms with van der Waals surface area (Å²) in [5.41, 5.74) is 0. The monoisotopic (exact) mass is 158 g/mol. The van der Waals surface area contributed by atoms with Gasteiger partial charge in [-0.3, -0.25) is 0 Å². The molecule has 0 bridgehead atoms. The molecule has 0 aliphatic carbocycles. The normalized spacial score (nSPS) is 8.57. The van der Waals surface area contributed by atoms with E-state index in [2.05, 4.69) is 0 Å². The number of halogens is 2. The van der Waals surface area contributed by atoms with Gasteiger partial charge in [0.05, 0.1) is 0 Å². The van der Waals surface area contributed by atoms with Gasteiger partial charge in [0.2, 0.25) is 0 Å². The SMILES string of the molecule is Cl.[Na+].[O-][Cl+3]([O-])([O-])[O-]. The van der Waals surface area contributed by atoms with Gasteiger partial charge in [-0.25, -0.2) is 18.6 Å². The summed E-state index contributed by atoms with van der Waals surface area (Å²) in [6, 6.07) is 0. The third kappa shape index (κ3) is 108. The fourth-order valence-electron chi connectivity index (χ4n) is 0. The van der Waals surface area contributed by atoms with Gasteiger partial charge in [0, 0.05) is 0 Å². The molecular formula is HCl2NaO4. The van der Waals surface area contributed by atoms with E-state index in [0.29, 0.717) is 0 Å². The Morgan fingerprint density at radius 1 is 0.857 bits per heavy atom. The predicted molar refractivity (Wildman–Crippen MR) is 7.25 cm³/mol. The fraction of sp³-hybridized carbons (Fsp3) is 0. The molecule has 0 saturated heterocycles. The maximum Gasteiger partial charge on any atom is 1.00 e. The standard InChI is InChI=1S/ClHO4.ClH.Na/c2-1(3,4)5;;/h(H,2,3,4,5);1H;/q;;+1/p-1. The van der Waals surface area contributed by atoms with E-state index in [1.807, 2.05) is 0 Å². The molecular weight excluding hydrogens is 158 g/mol. The van der Waals surface area contributed by atoms with Crippen LogP contribution in [0.1, 0.15) is 0 Å². The Labute approximate surface area is 70.6 Å². The Morgan fingerprint density at radius 3 is 0.857 bits per heavy atom. The van der Waals surface area contributed by atoms with Crippen molar-refractivity contribution in [2.24, 2.45) is 0 Å². The maximum absolute atomic E-state index is 8.49. The molecule has 0 aliphatic heterocycles. The third-order valence-corrected chi connectivity index (χ3v) is 0. The molecule has 0 unspecified atom stereocenters. The zero-order chi connectivity index (χ0) is 4.50. The van der Waals surface area contributed by atoms with Crippen LogP contribution >= 0.6 is 12.4 Å². The van der Waals surface area contributed by atoms with E-state index >= 15 is 0 Å². The molecule has 0 N–H and O–H groups in total. The molecule has 0 heterocycles. The summed E-state index contributed by atoms with van der Waals surface area (Å²) >= 11 is 0. The average Bonchev–Trinajstić information content (AvgIpc) is 0.722. The van der Waals surface area contributed by atoms with Crippen molar-refractivity contribution < 1.29 is 58.4 Å². The first-order valence-corrected chi connectivity index (χ1v) is 1.85. The molecule has 0 amide bonds. The Morgan fingerprint density at radius 2 is 0.857 bits per heavy atom. The van der Waals surface area contributed by atoms with Gasteiger partial charge in [-0.05, 0) is 0 Å². The molecule has 0 spiro atoms. The minimum atomic E-state index is -4.94. The van der Waals surface area contributed by atoms with Gasteiger partial charge in [0.25, 0.3) is 0 Å². The summed E-state index contributed by atoms with van der Waals surface area (Å²) in [5.74, 6) is 0. The van der Waals surface area contributed by atoms with Gasteiger partial charge in [0.15, 0.2) is 0 Å². The third-order valence-electron chi connectivity index (χ3n) is 0. The van der Waals surface area contributed by atoms with E-state index in [9.17, 15) is 0 Å². The molecule has 0 aromatic carbocycles. The second-order valence-corrected chi connectivity index (χ2v) is 1.13. The van der Waals surface area contributed by atoms with Crippen LogP contribution in [0.25, 0.3) is 0 Å². The second-order valence-electron chi connectivity index (χ2n) is 0.378. The van der Waals surface area contributed by atoms with Crippen LogP contribution in [0.3, 0.4) is 0 Å². The Bertz CT molecular complexity index is 25.2. The average molecular weight is 159 g/mol. The van der Waals surface area contributed by atoms with Gasteiger partial charge in [-0.15, -0.1) is 22.7 Å². The fourth-order valence-corrected chi connectivity index (χ4v) is 0. The topological polar surface area (TPSA) is 92.2 Å². The quantitative estimate of drug-likeness (QED) is 0.328. The predicted octanol–water partition coefficient (Wildman–Crippen LogP) is -7.33. The zero-order valence-electron chi connectivity index (χ0n) is 3.42. The summed E-state index contributed by atoms with van der Waals surface area (Å²) in [4.78, 5) is 0. The molecule has 0 saturated carbocycles. The minimum Gasteiger partial charge on any atom is -0.222 e. The molecule has 0 atom stereocenters. The van der Waals surface area contributed by atoms with E-state index in [-0.39, 0.29) is 42.0 Å². The van der Waals surface area contributed by atoms with Crippen molar-refractivity contribution in [3.05, 3.63) is 0 Å². The van der Waals surface area contributed by atoms with E-state index in [1.165, 1.54) is 0 Å². The molecule has 0 aliphatic rings. The Hall–Kier alpha value is 1.42. The van der Waals surface area contributed by atoms with Crippen LogP contribution in [-0.2, 0) is 0 Å². The molecule has 7 heteroatoms. The molecule has 4 nitrogen and oxygen atoms in total. The van der Waals surface area contributed by atoms with Gasteiger partial charge in [-0.1, -0.05) is 0 Å². The van der Waals surface area contributed by atoms with Crippen molar-refractivity contribution >= 4 is 12.4 Å². The van der Waals surface area contributed by atoms with E-state index in [1.54, 1.807) is 0 Å². The largest absolute Gasteiger partial charge is 1.00 e. The van der Waals surface area contributed by atoms with Crippen molar-refractivity contribution in [2.45, 2.75) is 0 Å². The molecule has 0 rings (SSSR count). The maximum atomic E-state index is 8.49. The first-order chi connectivity index (χ1) is 2.00.